The van der Waals surface area contributed by atoms with Crippen molar-refractivity contribution < 1.29 is 9.53 Å². The van der Waals surface area contributed by atoms with Gasteiger partial charge in [-0.3, -0.25) is 4.79 Å². The fourth-order valence-electron chi connectivity index (χ4n) is 2.27. The number of hydrogen-bond donors (Lipinski definition) is 1. The lowest BCUT2D eigenvalue weighted by molar-refractivity contribution is 0.0955. The van der Waals surface area contributed by atoms with Gasteiger partial charge in [-0.15, -0.1) is 10.2 Å². The molecule has 10 heteroatoms. The fourth-order valence-corrected chi connectivity index (χ4v) is 3.27. The van der Waals surface area contributed by atoms with Gasteiger partial charge in [0.15, 0.2) is 0 Å². The van der Waals surface area contributed by atoms with Gasteiger partial charge < -0.3 is 4.74 Å². The number of amides is 1. The van der Waals surface area contributed by atoms with E-state index in [9.17, 15) is 4.79 Å². The smallest absolute Gasteiger partial charge is 0.275 e. The van der Waals surface area contributed by atoms with E-state index in [-0.39, 0.29) is 5.91 Å². The van der Waals surface area contributed by atoms with Crippen LogP contribution in [0.2, 0.25) is 0 Å². The third kappa shape index (κ3) is 3.46. The minimum absolute atomic E-state index is 0.305. The van der Waals surface area contributed by atoms with Crippen LogP contribution in [0.4, 0.5) is 0 Å². The zero-order valence-electron chi connectivity index (χ0n) is 13.2. The maximum absolute atomic E-state index is 12.0. The van der Waals surface area contributed by atoms with Crippen molar-refractivity contribution in [3.63, 3.8) is 0 Å². The number of nitrogens with zero attached hydrogens (tertiary/aromatic N) is 5. The van der Waals surface area contributed by atoms with Crippen molar-refractivity contribution in [2.75, 3.05) is 5.75 Å². The van der Waals surface area contributed by atoms with Gasteiger partial charge in [-0.2, -0.15) is 4.68 Å². The van der Waals surface area contributed by atoms with E-state index in [1.165, 1.54) is 11.8 Å². The van der Waals surface area contributed by atoms with E-state index >= 15 is 0 Å². The van der Waals surface area contributed by atoms with Gasteiger partial charge in [0, 0.05) is 4.47 Å². The first kappa shape index (κ1) is 16.7. The summed E-state index contributed by atoms with van der Waals surface area (Å²) in [5, 5.41) is 16.4. The number of hydrogen-bond acceptors (Lipinski definition) is 7. The van der Waals surface area contributed by atoms with Crippen molar-refractivity contribution in [1.29, 1.82) is 0 Å². The number of rotatable bonds is 4. The SMILES string of the molecule is O=C1NN=C(CSc2nnnn2-c2ccc(Br)cc2)Oc2ccccc21. The van der Waals surface area contributed by atoms with Gasteiger partial charge in [0.1, 0.15) is 5.75 Å². The number of benzene rings is 2. The van der Waals surface area contributed by atoms with E-state index in [4.69, 9.17) is 4.74 Å². The number of aromatic nitrogens is 4. The van der Waals surface area contributed by atoms with Crippen LogP contribution in [-0.2, 0) is 0 Å². The van der Waals surface area contributed by atoms with Gasteiger partial charge in [0.2, 0.25) is 11.1 Å². The Morgan fingerprint density at radius 2 is 1.96 bits per heavy atom. The number of halogens is 1. The Morgan fingerprint density at radius 1 is 1.15 bits per heavy atom. The zero-order valence-corrected chi connectivity index (χ0v) is 15.6. The molecule has 0 radical (unpaired) electrons. The third-order valence-corrected chi connectivity index (χ3v) is 4.91. The van der Waals surface area contributed by atoms with E-state index in [0.29, 0.717) is 28.1 Å². The maximum Gasteiger partial charge on any atom is 0.275 e. The molecule has 4 rings (SSSR count). The summed E-state index contributed by atoms with van der Waals surface area (Å²) in [4.78, 5) is 12.0. The number of carbonyl (C=O) groups excluding carboxylic acids is 1. The van der Waals surface area contributed by atoms with Crippen LogP contribution >= 0.6 is 27.7 Å². The van der Waals surface area contributed by atoms with Crippen LogP contribution in [0.5, 0.6) is 5.75 Å². The molecule has 1 N–H and O–H groups in total. The first-order valence-corrected chi connectivity index (χ1v) is 9.29. The number of hydrazone groups is 1. The van der Waals surface area contributed by atoms with E-state index < -0.39 is 0 Å². The molecule has 1 amide bonds. The molecule has 3 aromatic rings. The summed E-state index contributed by atoms with van der Waals surface area (Å²) in [6.07, 6.45) is 0. The minimum Gasteiger partial charge on any atom is -0.440 e. The van der Waals surface area contributed by atoms with Crippen molar-refractivity contribution in [3.8, 4) is 11.4 Å². The van der Waals surface area contributed by atoms with Gasteiger partial charge in [-0.25, -0.2) is 5.43 Å². The predicted molar refractivity (Wildman–Crippen MR) is 99.5 cm³/mol. The molecule has 1 aliphatic heterocycles. The quantitative estimate of drug-likeness (QED) is 0.639. The standard InChI is InChI=1S/C16H11BrN6O2S/c17-10-5-7-11(8-6-10)23-16(20-21-22-23)26-9-14-18-19-15(24)12-3-1-2-4-13(12)25-14/h1-8H,9H2,(H,19,24). The van der Waals surface area contributed by atoms with Crippen LogP contribution in [0.15, 0.2) is 63.3 Å². The summed E-state index contributed by atoms with van der Waals surface area (Å²) in [5.41, 5.74) is 3.76. The Hall–Kier alpha value is -2.72. The lowest BCUT2D eigenvalue weighted by atomic mass is 10.2. The van der Waals surface area contributed by atoms with Gasteiger partial charge in [-0.1, -0.05) is 39.8 Å². The Kier molecular flexibility index (Phi) is 4.67. The number of thioether (sulfide) groups is 1. The minimum atomic E-state index is -0.305. The van der Waals surface area contributed by atoms with Crippen LogP contribution in [-0.4, -0.2) is 37.8 Å². The predicted octanol–water partition coefficient (Wildman–Crippen LogP) is 2.65. The summed E-state index contributed by atoms with van der Waals surface area (Å²) >= 11 is 4.76. The molecule has 0 bridgehead atoms. The first-order valence-electron chi connectivity index (χ1n) is 7.51. The highest BCUT2D eigenvalue weighted by Gasteiger charge is 2.19. The molecule has 130 valence electrons. The van der Waals surface area contributed by atoms with Crippen molar-refractivity contribution in [2.45, 2.75) is 5.16 Å². The third-order valence-electron chi connectivity index (χ3n) is 3.48. The molecule has 1 aromatic heterocycles. The highest BCUT2D eigenvalue weighted by Crippen LogP contribution is 2.23. The van der Waals surface area contributed by atoms with E-state index in [1.54, 1.807) is 28.9 Å². The number of carbonyl (C=O) groups is 1. The van der Waals surface area contributed by atoms with Crippen LogP contribution in [0, 0.1) is 0 Å². The van der Waals surface area contributed by atoms with Crippen molar-refractivity contribution in [1.82, 2.24) is 25.6 Å². The van der Waals surface area contributed by atoms with Crippen LogP contribution in [0.25, 0.3) is 5.69 Å². The van der Waals surface area contributed by atoms with Gasteiger partial charge in [0.25, 0.3) is 5.91 Å². The molecule has 26 heavy (non-hydrogen) atoms. The molecule has 0 saturated heterocycles. The van der Waals surface area contributed by atoms with Crippen LogP contribution < -0.4 is 10.2 Å². The summed E-state index contributed by atoms with van der Waals surface area (Å²) in [6, 6.07) is 14.6. The summed E-state index contributed by atoms with van der Waals surface area (Å²) in [5.74, 6) is 0.874. The molecule has 0 aliphatic carbocycles. The number of para-hydroxylation sites is 1. The summed E-state index contributed by atoms with van der Waals surface area (Å²) < 4.78 is 8.35. The van der Waals surface area contributed by atoms with Crippen LogP contribution in [0.1, 0.15) is 10.4 Å². The lowest BCUT2D eigenvalue weighted by Crippen LogP contribution is -2.18. The molecular formula is C16H11BrN6O2S. The van der Waals surface area contributed by atoms with Crippen molar-refractivity contribution >= 4 is 39.5 Å². The summed E-state index contributed by atoms with van der Waals surface area (Å²) in [6.45, 7) is 0. The molecule has 0 unspecified atom stereocenters. The first-order chi connectivity index (χ1) is 12.7. The maximum atomic E-state index is 12.0. The average Bonchev–Trinajstić information content (AvgIpc) is 3.06. The molecule has 8 nitrogen and oxygen atoms in total. The van der Waals surface area contributed by atoms with Gasteiger partial charge in [0.05, 0.1) is 17.0 Å². The monoisotopic (exact) mass is 430 g/mol. The van der Waals surface area contributed by atoms with Crippen LogP contribution in [0.3, 0.4) is 0 Å². The highest BCUT2D eigenvalue weighted by molar-refractivity contribution is 9.10. The van der Waals surface area contributed by atoms with E-state index in [2.05, 4.69) is 42.0 Å². The molecule has 0 fully saturated rings. The van der Waals surface area contributed by atoms with Gasteiger partial charge >= 0.3 is 0 Å². The zero-order chi connectivity index (χ0) is 17.9. The van der Waals surface area contributed by atoms with Crippen molar-refractivity contribution in [2.24, 2.45) is 5.10 Å². The second-order valence-corrected chi connectivity index (χ2v) is 7.04. The molecular weight excluding hydrogens is 420 g/mol. The topological polar surface area (TPSA) is 94.3 Å². The molecule has 2 heterocycles. The molecule has 0 atom stereocenters. The average molecular weight is 431 g/mol. The Morgan fingerprint density at radius 3 is 2.81 bits per heavy atom. The normalized spacial score (nSPS) is 13.3. The highest BCUT2D eigenvalue weighted by atomic mass is 79.9. The number of fused-ring (bicyclic) bond motifs is 1. The lowest BCUT2D eigenvalue weighted by Gasteiger charge is -2.07. The molecule has 0 saturated carbocycles. The Bertz CT molecular complexity index is 988. The number of ether oxygens (including phenoxy) is 1. The summed E-state index contributed by atoms with van der Waals surface area (Å²) in [7, 11) is 0. The largest absolute Gasteiger partial charge is 0.440 e. The molecule has 0 spiro atoms. The second kappa shape index (κ2) is 7.26. The van der Waals surface area contributed by atoms with Crippen molar-refractivity contribution in [3.05, 3.63) is 58.6 Å². The Balaban J connectivity index is 1.51. The fraction of sp³-hybridized carbons (Fsp3) is 0.0625. The molecule has 1 aliphatic rings. The van der Waals surface area contributed by atoms with E-state index in [0.717, 1.165) is 10.2 Å². The van der Waals surface area contributed by atoms with Gasteiger partial charge in [-0.05, 0) is 46.8 Å². The second-order valence-electron chi connectivity index (χ2n) is 5.18. The molecule has 2 aromatic carbocycles. The Labute approximate surface area is 160 Å². The number of tetrazole rings is 1. The number of nitrogens with one attached hydrogen (secondary N) is 1. The van der Waals surface area contributed by atoms with E-state index in [1.807, 2.05) is 24.3 Å².